The van der Waals surface area contributed by atoms with Crippen molar-refractivity contribution in [3.8, 4) is 11.3 Å². The standard InChI is InChI=1S/C21H19ClN2O2S/c1-3-26-20(25)13-24(2)21(27)17-12-19(14-8-10-15(22)11-9-14)23-18-7-5-4-6-16(17)18/h4-12H,3,13H2,1-2H3. The first-order chi connectivity index (χ1) is 13.0. The molecule has 138 valence electrons. The Balaban J connectivity index is 2.04. The summed E-state index contributed by atoms with van der Waals surface area (Å²) in [7, 11) is 1.79. The van der Waals surface area contributed by atoms with Crippen molar-refractivity contribution < 1.29 is 9.53 Å². The van der Waals surface area contributed by atoms with Crippen LogP contribution < -0.4 is 0 Å². The summed E-state index contributed by atoms with van der Waals surface area (Å²) in [5.74, 6) is -0.307. The number of likely N-dealkylation sites (N-methyl/N-ethyl adjacent to an activating group) is 1. The summed E-state index contributed by atoms with van der Waals surface area (Å²) in [4.78, 5) is 18.9. The highest BCUT2D eigenvalue weighted by Crippen LogP contribution is 2.27. The number of halogens is 1. The minimum absolute atomic E-state index is 0.0968. The van der Waals surface area contributed by atoms with Crippen LogP contribution >= 0.6 is 23.8 Å². The van der Waals surface area contributed by atoms with Crippen LogP contribution in [0.2, 0.25) is 5.02 Å². The van der Waals surface area contributed by atoms with E-state index < -0.39 is 0 Å². The van der Waals surface area contributed by atoms with E-state index in [1.807, 2.05) is 54.6 Å². The van der Waals surface area contributed by atoms with Gasteiger partial charge in [0.1, 0.15) is 11.5 Å². The zero-order valence-electron chi connectivity index (χ0n) is 15.1. The fourth-order valence-electron chi connectivity index (χ4n) is 2.80. The molecular formula is C21H19ClN2O2S. The van der Waals surface area contributed by atoms with Crippen molar-refractivity contribution in [3.63, 3.8) is 0 Å². The number of ether oxygens (including phenoxy) is 1. The van der Waals surface area contributed by atoms with Crippen molar-refractivity contribution in [3.05, 3.63) is 65.2 Å². The van der Waals surface area contributed by atoms with Gasteiger partial charge in [-0.05, 0) is 31.2 Å². The van der Waals surface area contributed by atoms with Crippen LogP contribution in [0.25, 0.3) is 22.2 Å². The Kier molecular flexibility index (Phi) is 6.04. The minimum atomic E-state index is -0.307. The average Bonchev–Trinajstić information content (AvgIpc) is 2.67. The number of fused-ring (bicyclic) bond motifs is 1. The van der Waals surface area contributed by atoms with E-state index in [9.17, 15) is 4.79 Å². The summed E-state index contributed by atoms with van der Waals surface area (Å²) >= 11 is 11.7. The van der Waals surface area contributed by atoms with Crippen LogP contribution in [0.15, 0.2) is 54.6 Å². The molecule has 0 saturated carbocycles. The van der Waals surface area contributed by atoms with E-state index in [0.29, 0.717) is 16.6 Å². The zero-order chi connectivity index (χ0) is 19.4. The van der Waals surface area contributed by atoms with E-state index in [-0.39, 0.29) is 12.5 Å². The predicted octanol–water partition coefficient (Wildman–Crippen LogP) is 4.73. The van der Waals surface area contributed by atoms with Gasteiger partial charge in [0.05, 0.1) is 17.8 Å². The Hall–Kier alpha value is -2.50. The molecule has 0 saturated heterocycles. The number of para-hydroxylation sites is 1. The molecule has 0 amide bonds. The number of thiocarbonyl (C=S) groups is 1. The van der Waals surface area contributed by atoms with Crippen molar-refractivity contribution in [2.45, 2.75) is 6.92 Å². The molecule has 27 heavy (non-hydrogen) atoms. The van der Waals surface area contributed by atoms with Crippen LogP contribution in [-0.2, 0) is 9.53 Å². The molecule has 6 heteroatoms. The second kappa shape index (κ2) is 8.46. The van der Waals surface area contributed by atoms with E-state index >= 15 is 0 Å². The van der Waals surface area contributed by atoms with Gasteiger partial charge in [0, 0.05) is 28.6 Å². The smallest absolute Gasteiger partial charge is 0.325 e. The molecule has 0 N–H and O–H groups in total. The minimum Gasteiger partial charge on any atom is -0.465 e. The SMILES string of the molecule is CCOC(=O)CN(C)C(=S)c1cc(-c2ccc(Cl)cc2)nc2ccccc12. The van der Waals surface area contributed by atoms with Crippen molar-refractivity contribution in [2.24, 2.45) is 0 Å². The molecule has 0 aliphatic rings. The molecule has 0 unspecified atom stereocenters. The molecule has 1 heterocycles. The maximum Gasteiger partial charge on any atom is 0.325 e. The van der Waals surface area contributed by atoms with E-state index in [1.54, 1.807) is 18.9 Å². The average molecular weight is 399 g/mol. The number of rotatable bonds is 5. The molecule has 0 aliphatic carbocycles. The monoisotopic (exact) mass is 398 g/mol. The van der Waals surface area contributed by atoms with Gasteiger partial charge in [-0.15, -0.1) is 0 Å². The molecule has 0 aliphatic heterocycles. The quantitative estimate of drug-likeness (QED) is 0.459. The number of esters is 1. The maximum atomic E-state index is 11.8. The molecule has 2 aromatic carbocycles. The number of hydrogen-bond donors (Lipinski definition) is 0. The third-order valence-electron chi connectivity index (χ3n) is 4.10. The van der Waals surface area contributed by atoms with Crippen LogP contribution in [0.4, 0.5) is 0 Å². The van der Waals surface area contributed by atoms with Crippen LogP contribution in [0, 0.1) is 0 Å². The summed E-state index contributed by atoms with van der Waals surface area (Å²) in [5, 5.41) is 1.61. The Morgan fingerprint density at radius 2 is 1.89 bits per heavy atom. The first kappa shape index (κ1) is 19.3. The van der Waals surface area contributed by atoms with Gasteiger partial charge in [0.2, 0.25) is 0 Å². The van der Waals surface area contributed by atoms with E-state index in [4.69, 9.17) is 33.5 Å². The normalized spacial score (nSPS) is 10.6. The van der Waals surface area contributed by atoms with E-state index in [2.05, 4.69) is 0 Å². The largest absolute Gasteiger partial charge is 0.465 e. The molecule has 4 nitrogen and oxygen atoms in total. The fourth-order valence-corrected chi connectivity index (χ4v) is 3.16. The number of aromatic nitrogens is 1. The Labute approximate surface area is 168 Å². The number of pyridine rings is 1. The van der Waals surface area contributed by atoms with Gasteiger partial charge in [0.15, 0.2) is 0 Å². The second-order valence-electron chi connectivity index (χ2n) is 6.05. The van der Waals surface area contributed by atoms with Gasteiger partial charge < -0.3 is 9.64 Å². The summed E-state index contributed by atoms with van der Waals surface area (Å²) < 4.78 is 5.03. The van der Waals surface area contributed by atoms with Gasteiger partial charge in [-0.1, -0.05) is 54.2 Å². The highest BCUT2D eigenvalue weighted by atomic mass is 35.5. The third kappa shape index (κ3) is 4.43. The van der Waals surface area contributed by atoms with Crippen molar-refractivity contribution in [2.75, 3.05) is 20.2 Å². The molecule has 1 aromatic heterocycles. The molecule has 3 rings (SSSR count). The van der Waals surface area contributed by atoms with Crippen LogP contribution in [-0.4, -0.2) is 41.0 Å². The Morgan fingerprint density at radius 3 is 2.59 bits per heavy atom. The maximum absolute atomic E-state index is 11.8. The van der Waals surface area contributed by atoms with Crippen LogP contribution in [0.1, 0.15) is 12.5 Å². The van der Waals surface area contributed by atoms with Crippen LogP contribution in [0.5, 0.6) is 0 Å². The lowest BCUT2D eigenvalue weighted by atomic mass is 10.0. The van der Waals surface area contributed by atoms with Gasteiger partial charge in [0.25, 0.3) is 0 Å². The highest BCUT2D eigenvalue weighted by Gasteiger charge is 2.16. The van der Waals surface area contributed by atoms with Gasteiger partial charge >= 0.3 is 5.97 Å². The van der Waals surface area contributed by atoms with Crippen molar-refractivity contribution in [1.29, 1.82) is 0 Å². The molecule has 0 atom stereocenters. The molecule has 0 radical (unpaired) electrons. The lowest BCUT2D eigenvalue weighted by molar-refractivity contribution is -0.143. The molecule has 0 bridgehead atoms. The van der Waals surface area contributed by atoms with Crippen molar-refractivity contribution in [1.82, 2.24) is 9.88 Å². The second-order valence-corrected chi connectivity index (χ2v) is 6.87. The molecule has 0 fully saturated rings. The number of carbonyl (C=O) groups is 1. The molecular weight excluding hydrogens is 380 g/mol. The number of benzene rings is 2. The zero-order valence-corrected chi connectivity index (χ0v) is 16.7. The summed E-state index contributed by atoms with van der Waals surface area (Å²) in [6.45, 7) is 2.23. The highest BCUT2D eigenvalue weighted by molar-refractivity contribution is 7.80. The first-order valence-electron chi connectivity index (χ1n) is 8.56. The van der Waals surface area contributed by atoms with Gasteiger partial charge in [-0.2, -0.15) is 0 Å². The first-order valence-corrected chi connectivity index (χ1v) is 9.35. The van der Waals surface area contributed by atoms with E-state index in [0.717, 1.165) is 27.7 Å². The Morgan fingerprint density at radius 1 is 1.19 bits per heavy atom. The van der Waals surface area contributed by atoms with Gasteiger partial charge in [-0.25, -0.2) is 4.98 Å². The third-order valence-corrected chi connectivity index (χ3v) is 4.89. The summed E-state index contributed by atoms with van der Waals surface area (Å²) in [5.41, 5.74) is 3.44. The van der Waals surface area contributed by atoms with E-state index in [1.165, 1.54) is 0 Å². The summed E-state index contributed by atoms with van der Waals surface area (Å²) in [6.07, 6.45) is 0. The molecule has 3 aromatic rings. The lowest BCUT2D eigenvalue weighted by Gasteiger charge is -2.20. The number of carbonyl (C=O) groups excluding carboxylic acids is 1. The lowest BCUT2D eigenvalue weighted by Crippen LogP contribution is -2.32. The predicted molar refractivity (Wildman–Crippen MR) is 113 cm³/mol. The fraction of sp³-hybridized carbons (Fsp3) is 0.190. The van der Waals surface area contributed by atoms with Crippen molar-refractivity contribution >= 4 is 45.7 Å². The topological polar surface area (TPSA) is 42.4 Å². The number of hydrogen-bond acceptors (Lipinski definition) is 4. The summed E-state index contributed by atoms with van der Waals surface area (Å²) in [6, 6.07) is 17.3. The Bertz CT molecular complexity index is 989. The van der Waals surface area contributed by atoms with Crippen LogP contribution in [0.3, 0.4) is 0 Å². The number of nitrogens with zero attached hydrogens (tertiary/aromatic N) is 2. The molecule has 0 spiro atoms. The van der Waals surface area contributed by atoms with Gasteiger partial charge in [-0.3, -0.25) is 4.79 Å².